The molecule has 33 heavy (non-hydrogen) atoms. The van der Waals surface area contributed by atoms with Crippen molar-refractivity contribution in [1.29, 1.82) is 5.26 Å². The topological polar surface area (TPSA) is 90.3 Å². The molecule has 1 aliphatic rings. The quantitative estimate of drug-likeness (QED) is 0.577. The van der Waals surface area contributed by atoms with Gasteiger partial charge < -0.3 is 15.7 Å². The summed E-state index contributed by atoms with van der Waals surface area (Å²) in [6.07, 6.45) is 1.78. The van der Waals surface area contributed by atoms with Crippen molar-refractivity contribution in [1.82, 2.24) is 4.90 Å². The molecule has 2 aromatic carbocycles. The molecule has 1 aromatic heterocycles. The van der Waals surface area contributed by atoms with Gasteiger partial charge in [-0.2, -0.15) is 5.26 Å². The number of hydrogen-bond acceptors (Lipinski definition) is 5. The van der Waals surface area contributed by atoms with Crippen molar-refractivity contribution in [3.05, 3.63) is 70.4 Å². The summed E-state index contributed by atoms with van der Waals surface area (Å²) in [6, 6.07) is 15.6. The average Bonchev–Trinajstić information content (AvgIpc) is 3.23. The van der Waals surface area contributed by atoms with Crippen molar-refractivity contribution < 1.29 is 14.3 Å². The number of nitriles is 1. The minimum absolute atomic E-state index is 0.0244. The Labute approximate surface area is 196 Å². The van der Waals surface area contributed by atoms with Gasteiger partial charge in [0.15, 0.2) is 0 Å². The highest BCUT2D eigenvalue weighted by molar-refractivity contribution is 7.18. The third-order valence-corrected chi connectivity index (χ3v) is 7.11. The fourth-order valence-corrected chi connectivity index (χ4v) is 5.23. The number of benzene rings is 2. The average molecular weight is 464 g/mol. The SMILES string of the molecule is CC(C)(O)c1ccc(-c2sc(C(=O)N3CCC[C@@H](N)C3)cc2-c2ccc(C#N)c(F)c2)cc1. The second-order valence-corrected chi connectivity index (χ2v) is 10.0. The normalized spacial score (nSPS) is 16.5. The smallest absolute Gasteiger partial charge is 0.264 e. The summed E-state index contributed by atoms with van der Waals surface area (Å²) in [5, 5.41) is 19.4. The van der Waals surface area contributed by atoms with Gasteiger partial charge in [0, 0.05) is 29.6 Å². The Morgan fingerprint density at radius 3 is 2.52 bits per heavy atom. The molecule has 0 unspecified atom stereocenters. The number of rotatable bonds is 4. The van der Waals surface area contributed by atoms with E-state index in [1.165, 1.54) is 23.5 Å². The molecule has 0 saturated carbocycles. The zero-order chi connectivity index (χ0) is 23.8. The summed E-state index contributed by atoms with van der Waals surface area (Å²) in [4.78, 5) is 16.4. The summed E-state index contributed by atoms with van der Waals surface area (Å²) in [5.74, 6) is -0.677. The zero-order valence-electron chi connectivity index (χ0n) is 18.6. The van der Waals surface area contributed by atoms with Crippen molar-refractivity contribution in [2.75, 3.05) is 13.1 Å². The van der Waals surface area contributed by atoms with Gasteiger partial charge in [-0.15, -0.1) is 11.3 Å². The van der Waals surface area contributed by atoms with E-state index in [1.54, 1.807) is 30.9 Å². The number of aliphatic hydroxyl groups is 1. The van der Waals surface area contributed by atoms with Gasteiger partial charge >= 0.3 is 0 Å². The largest absolute Gasteiger partial charge is 0.386 e. The van der Waals surface area contributed by atoms with Crippen LogP contribution in [0.5, 0.6) is 0 Å². The summed E-state index contributed by atoms with van der Waals surface area (Å²) in [6.45, 7) is 4.63. The number of nitrogens with two attached hydrogens (primary N) is 1. The lowest BCUT2D eigenvalue weighted by Gasteiger charge is -2.30. The first kappa shape index (κ1) is 23.1. The number of hydrogen-bond donors (Lipinski definition) is 2. The molecular weight excluding hydrogens is 437 g/mol. The molecule has 170 valence electrons. The maximum absolute atomic E-state index is 14.4. The van der Waals surface area contributed by atoms with E-state index >= 15 is 0 Å². The molecule has 1 amide bonds. The van der Waals surface area contributed by atoms with Gasteiger partial charge in [-0.3, -0.25) is 4.79 Å². The van der Waals surface area contributed by atoms with E-state index in [1.807, 2.05) is 30.3 Å². The minimum Gasteiger partial charge on any atom is -0.386 e. The molecule has 1 saturated heterocycles. The van der Waals surface area contributed by atoms with Gasteiger partial charge in [0.25, 0.3) is 5.91 Å². The maximum Gasteiger partial charge on any atom is 0.264 e. The van der Waals surface area contributed by atoms with Crippen molar-refractivity contribution in [3.63, 3.8) is 0 Å². The Bertz CT molecular complexity index is 1220. The van der Waals surface area contributed by atoms with Gasteiger partial charge in [-0.05, 0) is 61.6 Å². The summed E-state index contributed by atoms with van der Waals surface area (Å²) >= 11 is 1.36. The van der Waals surface area contributed by atoms with Gasteiger partial charge in [0.2, 0.25) is 0 Å². The van der Waals surface area contributed by atoms with Crippen LogP contribution in [0.25, 0.3) is 21.6 Å². The molecule has 0 bridgehead atoms. The van der Waals surface area contributed by atoms with Crippen LogP contribution in [0.4, 0.5) is 4.39 Å². The molecule has 0 aliphatic carbocycles. The van der Waals surface area contributed by atoms with Crippen LogP contribution in [0.2, 0.25) is 0 Å². The fraction of sp³-hybridized carbons (Fsp3) is 0.308. The first-order valence-electron chi connectivity index (χ1n) is 10.9. The molecular formula is C26H26FN3O2S. The molecule has 0 radical (unpaired) electrons. The second-order valence-electron chi connectivity index (χ2n) is 8.95. The Hall–Kier alpha value is -3.05. The summed E-state index contributed by atoms with van der Waals surface area (Å²) < 4.78 is 14.4. The standard InChI is InChI=1S/C26H26FN3O2S/c1-26(2,32)19-9-7-16(8-10-19)24-21(17-5-6-18(14-28)22(27)12-17)13-23(33-24)25(31)30-11-3-4-20(29)15-30/h5-10,12-13,20,32H,3-4,11,15,29H2,1-2H3/t20-/m1/s1. The Morgan fingerprint density at radius 2 is 1.91 bits per heavy atom. The molecule has 3 aromatic rings. The number of carbonyl (C=O) groups excluding carboxylic acids is 1. The molecule has 4 rings (SSSR count). The van der Waals surface area contributed by atoms with Crippen molar-refractivity contribution in [3.8, 4) is 27.6 Å². The number of carbonyl (C=O) groups is 1. The van der Waals surface area contributed by atoms with Crippen LogP contribution in [-0.2, 0) is 5.60 Å². The number of halogens is 1. The van der Waals surface area contributed by atoms with E-state index in [9.17, 15) is 14.3 Å². The molecule has 1 atom stereocenters. The van der Waals surface area contributed by atoms with Crippen LogP contribution in [0.15, 0.2) is 48.5 Å². The maximum atomic E-state index is 14.4. The number of amides is 1. The molecule has 7 heteroatoms. The van der Waals surface area contributed by atoms with Crippen LogP contribution in [-0.4, -0.2) is 35.0 Å². The second kappa shape index (κ2) is 9.06. The highest BCUT2D eigenvalue weighted by Gasteiger charge is 2.26. The lowest BCUT2D eigenvalue weighted by Crippen LogP contribution is -2.45. The molecule has 0 spiro atoms. The van der Waals surface area contributed by atoms with E-state index < -0.39 is 11.4 Å². The highest BCUT2D eigenvalue weighted by atomic mass is 32.1. The molecule has 1 fully saturated rings. The number of piperidine rings is 1. The Kier molecular flexibility index (Phi) is 6.35. The predicted octanol–water partition coefficient (Wildman–Crippen LogP) is 4.88. The lowest BCUT2D eigenvalue weighted by molar-refractivity contribution is 0.0713. The van der Waals surface area contributed by atoms with E-state index in [2.05, 4.69) is 0 Å². The van der Waals surface area contributed by atoms with Crippen LogP contribution in [0, 0.1) is 17.1 Å². The third kappa shape index (κ3) is 4.83. The van der Waals surface area contributed by atoms with Gasteiger partial charge in [-0.25, -0.2) is 4.39 Å². The van der Waals surface area contributed by atoms with Crippen molar-refractivity contribution in [2.24, 2.45) is 5.73 Å². The number of thiophene rings is 1. The summed E-state index contributed by atoms with van der Waals surface area (Å²) in [7, 11) is 0. The third-order valence-electron chi connectivity index (χ3n) is 5.94. The fourth-order valence-electron chi connectivity index (χ4n) is 4.08. The number of nitrogens with zero attached hydrogens (tertiary/aromatic N) is 2. The van der Waals surface area contributed by atoms with Crippen LogP contribution < -0.4 is 5.73 Å². The van der Waals surface area contributed by atoms with E-state index in [-0.39, 0.29) is 17.5 Å². The molecule has 3 N–H and O–H groups in total. The number of likely N-dealkylation sites (tertiary alicyclic amines) is 1. The zero-order valence-corrected chi connectivity index (χ0v) is 19.5. The summed E-state index contributed by atoms with van der Waals surface area (Å²) in [5.41, 5.74) is 8.03. The highest BCUT2D eigenvalue weighted by Crippen LogP contribution is 2.41. The first-order valence-corrected chi connectivity index (χ1v) is 11.7. The van der Waals surface area contributed by atoms with E-state index in [4.69, 9.17) is 11.0 Å². The molecule has 1 aliphatic heterocycles. The van der Waals surface area contributed by atoms with Crippen LogP contribution in [0.3, 0.4) is 0 Å². The van der Waals surface area contributed by atoms with Gasteiger partial charge in [0.05, 0.1) is 16.0 Å². The monoisotopic (exact) mass is 463 g/mol. The van der Waals surface area contributed by atoms with E-state index in [0.717, 1.165) is 34.4 Å². The van der Waals surface area contributed by atoms with E-state index in [0.29, 0.717) is 23.5 Å². The van der Waals surface area contributed by atoms with Crippen LogP contribution >= 0.6 is 11.3 Å². The van der Waals surface area contributed by atoms with Crippen molar-refractivity contribution in [2.45, 2.75) is 38.3 Å². The Balaban J connectivity index is 1.79. The Morgan fingerprint density at radius 1 is 1.21 bits per heavy atom. The predicted molar refractivity (Wildman–Crippen MR) is 128 cm³/mol. The van der Waals surface area contributed by atoms with Gasteiger partial charge in [0.1, 0.15) is 11.9 Å². The molecule has 5 nitrogen and oxygen atoms in total. The lowest BCUT2D eigenvalue weighted by atomic mass is 9.95. The van der Waals surface area contributed by atoms with Gasteiger partial charge in [-0.1, -0.05) is 30.3 Å². The minimum atomic E-state index is -0.971. The van der Waals surface area contributed by atoms with Crippen molar-refractivity contribution >= 4 is 17.2 Å². The molecule has 2 heterocycles. The first-order chi connectivity index (χ1) is 15.7. The van der Waals surface area contributed by atoms with Crippen LogP contribution in [0.1, 0.15) is 47.5 Å².